The third-order valence-electron chi connectivity index (χ3n) is 3.49. The molecule has 128 valence electrons. The summed E-state index contributed by atoms with van der Waals surface area (Å²) in [6.07, 6.45) is 3.22. The van der Waals surface area contributed by atoms with Crippen molar-refractivity contribution in [3.63, 3.8) is 0 Å². The lowest BCUT2D eigenvalue weighted by Crippen LogP contribution is -2.25. The number of carbonyl (C=O) groups excluding carboxylic acids is 1. The lowest BCUT2D eigenvalue weighted by atomic mass is 10.1. The van der Waals surface area contributed by atoms with Crippen molar-refractivity contribution in [2.45, 2.75) is 12.8 Å². The van der Waals surface area contributed by atoms with Gasteiger partial charge in [0.25, 0.3) is 5.91 Å². The van der Waals surface area contributed by atoms with Crippen molar-refractivity contribution < 1.29 is 9.90 Å². The van der Waals surface area contributed by atoms with Crippen LogP contribution in [0.15, 0.2) is 48.0 Å². The molecule has 2 aromatic carbocycles. The first-order chi connectivity index (χ1) is 12.0. The smallest absolute Gasteiger partial charge is 0.261 e. The number of amides is 1. The number of phenols is 1. The first kappa shape index (κ1) is 19.7. The predicted octanol–water partition coefficient (Wildman–Crippen LogP) is 4.26. The minimum Gasteiger partial charge on any atom is -0.506 e. The molecular weight excluding hydrogens is 542 g/mol. The zero-order valence-electron chi connectivity index (χ0n) is 13.3. The van der Waals surface area contributed by atoms with Crippen molar-refractivity contribution in [2.75, 3.05) is 6.54 Å². The zero-order valence-corrected chi connectivity index (χ0v) is 17.6. The summed E-state index contributed by atoms with van der Waals surface area (Å²) >= 11 is 4.03. The first-order valence-corrected chi connectivity index (χ1v) is 9.79. The molecule has 0 unspecified atom stereocenters. The van der Waals surface area contributed by atoms with Crippen LogP contribution in [0, 0.1) is 18.5 Å². The highest BCUT2D eigenvalue weighted by molar-refractivity contribution is 14.1. The Kier molecular flexibility index (Phi) is 7.71. The quantitative estimate of drug-likeness (QED) is 0.241. The molecule has 0 saturated carbocycles. The number of carbonyl (C=O) groups is 1. The lowest BCUT2D eigenvalue weighted by molar-refractivity contribution is -0.117. The van der Waals surface area contributed by atoms with Crippen LogP contribution in [0.2, 0.25) is 0 Å². The summed E-state index contributed by atoms with van der Waals surface area (Å²) in [5, 5.41) is 21.8. The van der Waals surface area contributed by atoms with Gasteiger partial charge in [0.05, 0.1) is 7.14 Å². The molecule has 0 aromatic heterocycles. The number of nitrogens with zero attached hydrogens (tertiary/aromatic N) is 1. The van der Waals surface area contributed by atoms with Crippen molar-refractivity contribution >= 4 is 57.2 Å². The number of aryl methyl sites for hydroxylation is 1. The molecule has 0 atom stereocenters. The van der Waals surface area contributed by atoms with Crippen LogP contribution in [0.4, 0.5) is 0 Å². The van der Waals surface area contributed by atoms with Gasteiger partial charge in [-0.2, -0.15) is 5.26 Å². The van der Waals surface area contributed by atoms with Crippen LogP contribution in [0.5, 0.6) is 5.75 Å². The molecule has 0 spiro atoms. The van der Waals surface area contributed by atoms with Gasteiger partial charge in [0.15, 0.2) is 0 Å². The molecule has 2 N–H and O–H groups in total. The molecule has 0 radical (unpaired) electrons. The third-order valence-corrected chi connectivity index (χ3v) is 5.13. The van der Waals surface area contributed by atoms with Crippen molar-refractivity contribution in [1.29, 1.82) is 5.26 Å². The second-order valence-corrected chi connectivity index (χ2v) is 7.67. The number of rotatable bonds is 6. The summed E-state index contributed by atoms with van der Waals surface area (Å²) in [5.41, 5.74) is 1.99. The standard InChI is InChI=1S/C19H16I2N2O2/c20-16-10-14(11-17(21)18(16)24)9-15(12-22)19(25)23-8-4-7-13-5-2-1-3-6-13/h1-3,5-6,9-11,24H,4,7-8H2,(H,23,25)/b15-9-. The van der Waals surface area contributed by atoms with E-state index < -0.39 is 0 Å². The first-order valence-electron chi connectivity index (χ1n) is 7.63. The van der Waals surface area contributed by atoms with Gasteiger partial charge in [-0.3, -0.25) is 4.79 Å². The molecule has 0 heterocycles. The number of nitrogens with one attached hydrogen (secondary N) is 1. The molecule has 0 fully saturated rings. The Labute approximate surface area is 174 Å². The van der Waals surface area contributed by atoms with Gasteiger partial charge >= 0.3 is 0 Å². The molecule has 6 heteroatoms. The fraction of sp³-hybridized carbons (Fsp3) is 0.158. The van der Waals surface area contributed by atoms with Crippen LogP contribution in [0.1, 0.15) is 17.5 Å². The number of halogens is 2. The molecular formula is C19H16I2N2O2. The number of hydrogen-bond donors (Lipinski definition) is 2. The van der Waals surface area contributed by atoms with Crippen LogP contribution in [-0.4, -0.2) is 17.6 Å². The lowest BCUT2D eigenvalue weighted by Gasteiger charge is -2.06. The second kappa shape index (κ2) is 9.77. The van der Waals surface area contributed by atoms with Gasteiger partial charge in [0.2, 0.25) is 0 Å². The number of phenolic OH excluding ortho intramolecular Hbond substituents is 1. The van der Waals surface area contributed by atoms with Crippen molar-refractivity contribution in [3.05, 3.63) is 66.3 Å². The van der Waals surface area contributed by atoms with Crippen molar-refractivity contribution in [1.82, 2.24) is 5.32 Å². The van der Waals surface area contributed by atoms with E-state index in [0.29, 0.717) is 19.2 Å². The third kappa shape index (κ3) is 6.01. The molecule has 0 aliphatic rings. The second-order valence-electron chi connectivity index (χ2n) is 5.35. The zero-order chi connectivity index (χ0) is 18.2. The average Bonchev–Trinajstić information content (AvgIpc) is 2.61. The highest BCUT2D eigenvalue weighted by atomic mass is 127. The van der Waals surface area contributed by atoms with Crippen molar-refractivity contribution in [3.8, 4) is 11.8 Å². The van der Waals surface area contributed by atoms with E-state index in [1.54, 1.807) is 12.1 Å². The maximum absolute atomic E-state index is 12.2. The Bertz CT molecular complexity index is 804. The van der Waals surface area contributed by atoms with Gasteiger partial charge in [-0.15, -0.1) is 0 Å². The predicted molar refractivity (Wildman–Crippen MR) is 115 cm³/mol. The van der Waals surface area contributed by atoms with Crippen LogP contribution in [0.25, 0.3) is 6.08 Å². The van der Waals surface area contributed by atoms with E-state index in [1.807, 2.05) is 69.5 Å². The van der Waals surface area contributed by atoms with E-state index in [2.05, 4.69) is 17.4 Å². The van der Waals surface area contributed by atoms with Gasteiger partial charge in [0, 0.05) is 6.54 Å². The fourth-order valence-corrected chi connectivity index (χ4v) is 4.03. The van der Waals surface area contributed by atoms with Crippen LogP contribution < -0.4 is 5.32 Å². The SMILES string of the molecule is N#C/C(=C/c1cc(I)c(O)c(I)c1)C(=O)NCCCc1ccccc1. The van der Waals surface area contributed by atoms with Gasteiger partial charge < -0.3 is 10.4 Å². The fourth-order valence-electron chi connectivity index (χ4n) is 2.22. The molecule has 1 amide bonds. The molecule has 0 saturated heterocycles. The maximum atomic E-state index is 12.2. The topological polar surface area (TPSA) is 73.1 Å². The minimum absolute atomic E-state index is 0.0528. The minimum atomic E-state index is -0.381. The summed E-state index contributed by atoms with van der Waals surface area (Å²) in [6.45, 7) is 0.511. The summed E-state index contributed by atoms with van der Waals surface area (Å²) < 4.78 is 1.35. The number of benzene rings is 2. The normalized spacial score (nSPS) is 11.0. The van der Waals surface area contributed by atoms with Gasteiger partial charge in [-0.05, 0) is 87.4 Å². The summed E-state index contributed by atoms with van der Waals surface area (Å²) in [7, 11) is 0. The summed E-state index contributed by atoms with van der Waals surface area (Å²) in [5.74, 6) is -0.170. The van der Waals surface area contributed by atoms with E-state index in [9.17, 15) is 15.2 Å². The molecule has 2 aromatic rings. The molecule has 0 bridgehead atoms. The Balaban J connectivity index is 1.95. The van der Waals surface area contributed by atoms with Crippen molar-refractivity contribution in [2.24, 2.45) is 0 Å². The molecule has 25 heavy (non-hydrogen) atoms. The Morgan fingerprint density at radius 3 is 2.44 bits per heavy atom. The molecule has 0 aliphatic heterocycles. The van der Waals surface area contributed by atoms with Gasteiger partial charge in [-0.1, -0.05) is 30.3 Å². The van der Waals surface area contributed by atoms with E-state index in [0.717, 1.165) is 12.8 Å². The Hall–Kier alpha value is -1.60. The maximum Gasteiger partial charge on any atom is 0.261 e. The van der Waals surface area contributed by atoms with Crippen LogP contribution >= 0.6 is 45.2 Å². The Morgan fingerprint density at radius 1 is 1.20 bits per heavy atom. The van der Waals surface area contributed by atoms with E-state index in [-0.39, 0.29) is 17.2 Å². The van der Waals surface area contributed by atoms with Crippen LogP contribution in [0.3, 0.4) is 0 Å². The van der Waals surface area contributed by atoms with Gasteiger partial charge in [0.1, 0.15) is 17.4 Å². The number of aromatic hydroxyl groups is 1. The largest absolute Gasteiger partial charge is 0.506 e. The number of nitriles is 1. The van der Waals surface area contributed by atoms with E-state index in [4.69, 9.17) is 0 Å². The highest BCUT2D eigenvalue weighted by Crippen LogP contribution is 2.28. The van der Waals surface area contributed by atoms with Crippen LogP contribution in [-0.2, 0) is 11.2 Å². The highest BCUT2D eigenvalue weighted by Gasteiger charge is 2.10. The molecule has 2 rings (SSSR count). The van der Waals surface area contributed by atoms with E-state index >= 15 is 0 Å². The summed E-state index contributed by atoms with van der Waals surface area (Å²) in [6, 6.07) is 15.5. The average molecular weight is 558 g/mol. The van der Waals surface area contributed by atoms with E-state index in [1.165, 1.54) is 11.6 Å². The Morgan fingerprint density at radius 2 is 1.84 bits per heavy atom. The number of hydrogen-bond acceptors (Lipinski definition) is 3. The molecule has 0 aliphatic carbocycles. The summed E-state index contributed by atoms with van der Waals surface area (Å²) in [4.78, 5) is 12.2. The van der Waals surface area contributed by atoms with Gasteiger partial charge in [-0.25, -0.2) is 0 Å². The molecule has 4 nitrogen and oxygen atoms in total. The monoisotopic (exact) mass is 558 g/mol.